The number of thioether (sulfide) groups is 1. The molecule has 1 amide bonds. The molecule has 1 aromatic rings. The van der Waals surface area contributed by atoms with Crippen molar-refractivity contribution in [1.82, 2.24) is 9.88 Å². The third kappa shape index (κ3) is 4.02. The van der Waals surface area contributed by atoms with Crippen molar-refractivity contribution >= 4 is 17.7 Å². The van der Waals surface area contributed by atoms with Crippen molar-refractivity contribution in [3.8, 4) is 0 Å². The van der Waals surface area contributed by atoms with Crippen LogP contribution in [-0.2, 0) is 0 Å². The molecule has 0 saturated carbocycles. The number of hydrogen-bond donors (Lipinski definition) is 1. The molecule has 0 radical (unpaired) electrons. The second kappa shape index (κ2) is 6.61. The first-order valence-corrected chi connectivity index (χ1v) is 6.71. The van der Waals surface area contributed by atoms with Gasteiger partial charge in [-0.2, -0.15) is 0 Å². The first-order valence-electron chi connectivity index (χ1n) is 5.48. The maximum absolute atomic E-state index is 12.1. The van der Waals surface area contributed by atoms with Crippen LogP contribution in [0, 0.1) is 0 Å². The molecular weight excluding hydrogens is 236 g/mol. The van der Waals surface area contributed by atoms with E-state index < -0.39 is 0 Å². The Balaban J connectivity index is 2.74. The van der Waals surface area contributed by atoms with Crippen LogP contribution in [0.25, 0.3) is 0 Å². The van der Waals surface area contributed by atoms with E-state index in [2.05, 4.69) is 4.98 Å². The van der Waals surface area contributed by atoms with Crippen molar-refractivity contribution in [3.63, 3.8) is 0 Å². The molecule has 17 heavy (non-hydrogen) atoms. The van der Waals surface area contributed by atoms with Crippen molar-refractivity contribution < 1.29 is 9.90 Å². The van der Waals surface area contributed by atoms with E-state index in [-0.39, 0.29) is 12.0 Å². The number of aliphatic hydroxyl groups is 1. The average molecular weight is 254 g/mol. The summed E-state index contributed by atoms with van der Waals surface area (Å²) in [6.07, 6.45) is 3.77. The lowest BCUT2D eigenvalue weighted by Gasteiger charge is -2.18. The first kappa shape index (κ1) is 14.0. The van der Waals surface area contributed by atoms with Gasteiger partial charge in [-0.25, -0.2) is 4.98 Å². The number of carbonyl (C=O) groups excluding carboxylic acids is 1. The molecule has 1 N–H and O–H groups in total. The number of aliphatic hydroxyl groups excluding tert-OH is 1. The number of pyridine rings is 1. The van der Waals surface area contributed by atoms with E-state index >= 15 is 0 Å². The lowest BCUT2D eigenvalue weighted by molar-refractivity contribution is 0.0765. The standard InChI is InChI=1S/C12H18N2O2S/c1-9(15)6-8-14(2)12(16)10-5-4-7-13-11(10)17-3/h4-5,7,9,15H,6,8H2,1-3H3. The molecule has 1 aromatic heterocycles. The monoisotopic (exact) mass is 254 g/mol. The average Bonchev–Trinajstić information content (AvgIpc) is 2.34. The Hall–Kier alpha value is -1.07. The number of nitrogens with zero attached hydrogens (tertiary/aromatic N) is 2. The second-order valence-electron chi connectivity index (χ2n) is 3.92. The van der Waals surface area contributed by atoms with Gasteiger partial charge in [0.05, 0.1) is 11.7 Å². The van der Waals surface area contributed by atoms with E-state index in [0.717, 1.165) is 5.03 Å². The summed E-state index contributed by atoms with van der Waals surface area (Å²) in [6, 6.07) is 3.54. The molecule has 0 bridgehead atoms. The minimum atomic E-state index is -0.390. The van der Waals surface area contributed by atoms with Gasteiger partial charge in [0.1, 0.15) is 5.03 Å². The Morgan fingerprint density at radius 1 is 1.65 bits per heavy atom. The smallest absolute Gasteiger partial charge is 0.256 e. The molecule has 1 heterocycles. The van der Waals surface area contributed by atoms with Gasteiger partial charge in [-0.1, -0.05) is 0 Å². The fourth-order valence-electron chi connectivity index (χ4n) is 1.40. The summed E-state index contributed by atoms with van der Waals surface area (Å²) in [5.41, 5.74) is 0.619. The fraction of sp³-hybridized carbons (Fsp3) is 0.500. The van der Waals surface area contributed by atoms with Crippen LogP contribution in [0.5, 0.6) is 0 Å². The minimum Gasteiger partial charge on any atom is -0.393 e. The van der Waals surface area contributed by atoms with Gasteiger partial charge in [0.15, 0.2) is 0 Å². The zero-order valence-corrected chi connectivity index (χ0v) is 11.2. The summed E-state index contributed by atoms with van der Waals surface area (Å²) in [4.78, 5) is 17.9. The molecule has 0 spiro atoms. The van der Waals surface area contributed by atoms with Crippen LogP contribution >= 0.6 is 11.8 Å². The number of amides is 1. The summed E-state index contributed by atoms with van der Waals surface area (Å²) < 4.78 is 0. The molecule has 0 fully saturated rings. The van der Waals surface area contributed by atoms with Crippen LogP contribution in [0.1, 0.15) is 23.7 Å². The molecule has 94 valence electrons. The Labute approximate surface area is 106 Å². The van der Waals surface area contributed by atoms with Gasteiger partial charge in [0, 0.05) is 19.8 Å². The van der Waals surface area contributed by atoms with Gasteiger partial charge < -0.3 is 10.0 Å². The van der Waals surface area contributed by atoms with Crippen LogP contribution < -0.4 is 0 Å². The maximum atomic E-state index is 12.1. The van der Waals surface area contributed by atoms with E-state index in [4.69, 9.17) is 0 Å². The van der Waals surface area contributed by atoms with E-state index in [1.165, 1.54) is 11.8 Å². The van der Waals surface area contributed by atoms with Crippen molar-refractivity contribution in [2.24, 2.45) is 0 Å². The lowest BCUT2D eigenvalue weighted by atomic mass is 10.2. The van der Waals surface area contributed by atoms with E-state index in [1.54, 1.807) is 37.2 Å². The first-order chi connectivity index (χ1) is 8.06. The molecule has 0 aromatic carbocycles. The second-order valence-corrected chi connectivity index (χ2v) is 4.72. The number of rotatable bonds is 5. The van der Waals surface area contributed by atoms with E-state index in [0.29, 0.717) is 18.5 Å². The lowest BCUT2D eigenvalue weighted by Crippen LogP contribution is -2.29. The summed E-state index contributed by atoms with van der Waals surface area (Å²) in [6.45, 7) is 2.26. The highest BCUT2D eigenvalue weighted by molar-refractivity contribution is 7.98. The van der Waals surface area contributed by atoms with Crippen LogP contribution in [0.2, 0.25) is 0 Å². The third-order valence-corrected chi connectivity index (χ3v) is 3.14. The largest absolute Gasteiger partial charge is 0.393 e. The zero-order valence-electron chi connectivity index (χ0n) is 10.4. The van der Waals surface area contributed by atoms with Crippen molar-refractivity contribution in [3.05, 3.63) is 23.9 Å². The van der Waals surface area contributed by atoms with Crippen LogP contribution in [-0.4, -0.2) is 46.8 Å². The molecule has 1 atom stereocenters. The number of carbonyl (C=O) groups is 1. The molecule has 5 heteroatoms. The summed E-state index contributed by atoms with van der Waals surface area (Å²) in [7, 11) is 1.74. The van der Waals surface area contributed by atoms with Gasteiger partial charge >= 0.3 is 0 Å². The molecule has 0 saturated heterocycles. The molecule has 1 rings (SSSR count). The Morgan fingerprint density at radius 3 is 2.94 bits per heavy atom. The van der Waals surface area contributed by atoms with E-state index in [9.17, 15) is 9.90 Å². The quantitative estimate of drug-likeness (QED) is 0.812. The minimum absolute atomic E-state index is 0.0527. The molecule has 0 aliphatic rings. The third-order valence-electron chi connectivity index (χ3n) is 2.42. The summed E-state index contributed by atoms with van der Waals surface area (Å²) in [5, 5.41) is 9.94. The Bertz CT molecular complexity index is 383. The highest BCUT2D eigenvalue weighted by atomic mass is 32.2. The number of hydrogen-bond acceptors (Lipinski definition) is 4. The molecule has 0 aliphatic carbocycles. The van der Waals surface area contributed by atoms with E-state index in [1.807, 2.05) is 6.26 Å². The van der Waals surface area contributed by atoms with Crippen molar-refractivity contribution in [1.29, 1.82) is 0 Å². The highest BCUT2D eigenvalue weighted by Gasteiger charge is 2.16. The van der Waals surface area contributed by atoms with Crippen LogP contribution in [0.4, 0.5) is 0 Å². The van der Waals surface area contributed by atoms with Gasteiger partial charge in [-0.05, 0) is 31.7 Å². The Morgan fingerprint density at radius 2 is 2.35 bits per heavy atom. The van der Waals surface area contributed by atoms with Crippen LogP contribution in [0.15, 0.2) is 23.4 Å². The highest BCUT2D eigenvalue weighted by Crippen LogP contribution is 2.18. The SMILES string of the molecule is CSc1ncccc1C(=O)N(C)CCC(C)O. The van der Waals surface area contributed by atoms with Crippen LogP contribution in [0.3, 0.4) is 0 Å². The van der Waals surface area contributed by atoms with Gasteiger partial charge in [0.2, 0.25) is 0 Å². The molecule has 4 nitrogen and oxygen atoms in total. The van der Waals surface area contributed by atoms with Gasteiger partial charge in [-0.15, -0.1) is 11.8 Å². The van der Waals surface area contributed by atoms with Gasteiger partial charge in [0.25, 0.3) is 5.91 Å². The summed E-state index contributed by atoms with van der Waals surface area (Å²) in [5.74, 6) is -0.0527. The fourth-order valence-corrected chi connectivity index (χ4v) is 1.95. The summed E-state index contributed by atoms with van der Waals surface area (Å²) >= 11 is 1.46. The molecule has 0 aliphatic heterocycles. The normalized spacial score (nSPS) is 12.2. The topological polar surface area (TPSA) is 53.4 Å². The van der Waals surface area contributed by atoms with Gasteiger partial charge in [-0.3, -0.25) is 4.79 Å². The number of aromatic nitrogens is 1. The predicted molar refractivity (Wildman–Crippen MR) is 69.3 cm³/mol. The zero-order chi connectivity index (χ0) is 12.8. The van der Waals surface area contributed by atoms with Crippen molar-refractivity contribution in [2.75, 3.05) is 19.8 Å². The van der Waals surface area contributed by atoms with Crippen molar-refractivity contribution in [2.45, 2.75) is 24.5 Å². The predicted octanol–water partition coefficient (Wildman–Crippen LogP) is 1.65. The molecular formula is C12H18N2O2S. The maximum Gasteiger partial charge on any atom is 0.256 e. The Kier molecular flexibility index (Phi) is 5.44. The molecule has 1 unspecified atom stereocenters.